The van der Waals surface area contributed by atoms with Gasteiger partial charge in [-0.25, -0.2) is 0 Å². The Morgan fingerprint density at radius 1 is 1.24 bits per heavy atom. The molecule has 116 valence electrons. The molecule has 0 fully saturated rings. The van der Waals surface area contributed by atoms with Crippen molar-refractivity contribution in [2.75, 3.05) is 13.7 Å². The minimum atomic E-state index is -0.150. The Bertz CT molecular complexity index is 572. The van der Waals surface area contributed by atoms with Crippen LogP contribution in [0.15, 0.2) is 28.7 Å². The van der Waals surface area contributed by atoms with Crippen LogP contribution in [0.2, 0.25) is 0 Å². The van der Waals surface area contributed by atoms with E-state index in [9.17, 15) is 0 Å². The fourth-order valence-electron chi connectivity index (χ4n) is 2.44. The average Bonchev–Trinajstić information content (AvgIpc) is 2.83. The van der Waals surface area contributed by atoms with Gasteiger partial charge >= 0.3 is 0 Å². The average molecular weight is 289 g/mol. The first-order valence-electron chi connectivity index (χ1n) is 7.82. The van der Waals surface area contributed by atoms with Gasteiger partial charge in [-0.15, -0.1) is 0 Å². The van der Waals surface area contributed by atoms with Crippen LogP contribution in [0, 0.1) is 0 Å². The standard InChI is InChI=1S/C18H27NO2/c1-5-6-10-17-15(12-19-13-18(2,3)20-4)14-9-7-8-11-16(14)21-17/h7-9,11,19H,5-6,10,12-13H2,1-4H3. The molecular formula is C18H27NO2. The third-order valence-electron chi connectivity index (χ3n) is 3.94. The summed E-state index contributed by atoms with van der Waals surface area (Å²) in [5.41, 5.74) is 2.14. The summed E-state index contributed by atoms with van der Waals surface area (Å²) in [7, 11) is 1.75. The largest absolute Gasteiger partial charge is 0.461 e. The van der Waals surface area contributed by atoms with Gasteiger partial charge in [-0.3, -0.25) is 0 Å². The van der Waals surface area contributed by atoms with Gasteiger partial charge in [0.2, 0.25) is 0 Å². The molecule has 0 aliphatic heterocycles. The number of hydrogen-bond donors (Lipinski definition) is 1. The highest BCUT2D eigenvalue weighted by Gasteiger charge is 2.17. The van der Waals surface area contributed by atoms with E-state index in [1.54, 1.807) is 7.11 Å². The van der Waals surface area contributed by atoms with Gasteiger partial charge in [0.15, 0.2) is 0 Å². The van der Waals surface area contributed by atoms with Crippen molar-refractivity contribution in [2.45, 2.75) is 52.2 Å². The number of nitrogens with one attached hydrogen (secondary N) is 1. The van der Waals surface area contributed by atoms with Crippen LogP contribution in [-0.2, 0) is 17.7 Å². The van der Waals surface area contributed by atoms with Gasteiger partial charge in [-0.2, -0.15) is 0 Å². The highest BCUT2D eigenvalue weighted by Crippen LogP contribution is 2.27. The Hall–Kier alpha value is -1.32. The number of methoxy groups -OCH3 is 1. The van der Waals surface area contributed by atoms with Gasteiger partial charge in [0.25, 0.3) is 0 Å². The number of ether oxygens (including phenoxy) is 1. The minimum absolute atomic E-state index is 0.150. The van der Waals surface area contributed by atoms with Crippen LogP contribution >= 0.6 is 0 Å². The first-order chi connectivity index (χ1) is 10.1. The maximum absolute atomic E-state index is 6.04. The molecule has 0 radical (unpaired) electrons. The summed E-state index contributed by atoms with van der Waals surface area (Å²) in [4.78, 5) is 0. The first kappa shape index (κ1) is 16.1. The zero-order valence-electron chi connectivity index (χ0n) is 13.7. The number of unbranched alkanes of at least 4 members (excludes halogenated alkanes) is 1. The number of hydrogen-bond acceptors (Lipinski definition) is 3. The number of para-hydroxylation sites is 1. The van der Waals surface area contributed by atoms with Crippen molar-refractivity contribution in [3.8, 4) is 0 Å². The molecule has 2 rings (SSSR count). The normalized spacial score (nSPS) is 12.2. The van der Waals surface area contributed by atoms with Crippen molar-refractivity contribution < 1.29 is 9.15 Å². The molecule has 0 amide bonds. The molecular weight excluding hydrogens is 262 g/mol. The number of rotatable bonds is 8. The molecule has 0 aliphatic rings. The van der Waals surface area contributed by atoms with Crippen LogP contribution < -0.4 is 5.32 Å². The summed E-state index contributed by atoms with van der Waals surface area (Å²) >= 11 is 0. The van der Waals surface area contributed by atoms with E-state index in [1.807, 2.05) is 12.1 Å². The second kappa shape index (κ2) is 7.10. The van der Waals surface area contributed by atoms with Crippen LogP contribution in [0.4, 0.5) is 0 Å². The van der Waals surface area contributed by atoms with E-state index in [0.29, 0.717) is 0 Å². The maximum atomic E-state index is 6.04. The second-order valence-corrected chi connectivity index (χ2v) is 6.17. The number of fused-ring (bicyclic) bond motifs is 1. The van der Waals surface area contributed by atoms with E-state index in [4.69, 9.17) is 9.15 Å². The monoisotopic (exact) mass is 289 g/mol. The molecule has 3 heteroatoms. The molecule has 0 saturated carbocycles. The lowest BCUT2D eigenvalue weighted by molar-refractivity contribution is 0.0230. The van der Waals surface area contributed by atoms with E-state index in [2.05, 4.69) is 38.2 Å². The summed E-state index contributed by atoms with van der Waals surface area (Å²) in [6.45, 7) is 8.03. The van der Waals surface area contributed by atoms with Gasteiger partial charge in [0.05, 0.1) is 5.60 Å². The molecule has 0 bridgehead atoms. The Kier molecular flexibility index (Phi) is 5.43. The lowest BCUT2D eigenvalue weighted by Crippen LogP contribution is -2.36. The first-order valence-corrected chi connectivity index (χ1v) is 7.82. The lowest BCUT2D eigenvalue weighted by Gasteiger charge is -2.23. The molecule has 0 atom stereocenters. The van der Waals surface area contributed by atoms with Crippen molar-refractivity contribution in [3.63, 3.8) is 0 Å². The summed E-state index contributed by atoms with van der Waals surface area (Å²) in [6, 6.07) is 8.30. The molecule has 2 aromatic rings. The summed E-state index contributed by atoms with van der Waals surface area (Å²) < 4.78 is 11.5. The second-order valence-electron chi connectivity index (χ2n) is 6.17. The van der Waals surface area contributed by atoms with Crippen molar-refractivity contribution >= 4 is 11.0 Å². The molecule has 1 aromatic carbocycles. The molecule has 3 nitrogen and oxygen atoms in total. The lowest BCUT2D eigenvalue weighted by atomic mass is 10.1. The molecule has 0 spiro atoms. The van der Waals surface area contributed by atoms with Crippen LogP contribution in [0.1, 0.15) is 44.9 Å². The summed E-state index contributed by atoms with van der Waals surface area (Å²) in [6.07, 6.45) is 3.35. The van der Waals surface area contributed by atoms with Crippen LogP contribution in [0.5, 0.6) is 0 Å². The van der Waals surface area contributed by atoms with Gasteiger partial charge in [0.1, 0.15) is 11.3 Å². The maximum Gasteiger partial charge on any atom is 0.134 e. The number of aryl methyl sites for hydroxylation is 1. The number of benzene rings is 1. The van der Waals surface area contributed by atoms with Crippen molar-refractivity contribution in [2.24, 2.45) is 0 Å². The molecule has 1 aromatic heterocycles. The molecule has 1 N–H and O–H groups in total. The Morgan fingerprint density at radius 3 is 2.71 bits per heavy atom. The van der Waals surface area contributed by atoms with Gasteiger partial charge in [-0.05, 0) is 26.3 Å². The van der Waals surface area contributed by atoms with Crippen molar-refractivity contribution in [3.05, 3.63) is 35.6 Å². The van der Waals surface area contributed by atoms with Crippen LogP contribution in [0.25, 0.3) is 11.0 Å². The molecule has 21 heavy (non-hydrogen) atoms. The number of furan rings is 1. The highest BCUT2D eigenvalue weighted by atomic mass is 16.5. The van der Waals surface area contributed by atoms with Gasteiger partial charge in [-0.1, -0.05) is 31.5 Å². The highest BCUT2D eigenvalue weighted by molar-refractivity contribution is 5.82. The molecule has 0 saturated heterocycles. The summed E-state index contributed by atoms with van der Waals surface area (Å²) in [5.74, 6) is 1.13. The fraction of sp³-hybridized carbons (Fsp3) is 0.556. The zero-order valence-corrected chi connectivity index (χ0v) is 13.7. The predicted octanol–water partition coefficient (Wildman–Crippen LogP) is 4.29. The fourth-order valence-corrected chi connectivity index (χ4v) is 2.44. The van der Waals surface area contributed by atoms with E-state index in [1.165, 1.54) is 17.4 Å². The molecule has 0 unspecified atom stereocenters. The van der Waals surface area contributed by atoms with Crippen molar-refractivity contribution in [1.82, 2.24) is 5.32 Å². The van der Waals surface area contributed by atoms with Crippen LogP contribution in [-0.4, -0.2) is 19.3 Å². The van der Waals surface area contributed by atoms with Gasteiger partial charge in [0, 0.05) is 37.6 Å². The smallest absolute Gasteiger partial charge is 0.134 e. The van der Waals surface area contributed by atoms with Gasteiger partial charge < -0.3 is 14.5 Å². The molecule has 0 aliphatic carbocycles. The SMILES string of the molecule is CCCCc1oc2ccccc2c1CNCC(C)(C)OC. The Labute approximate surface area is 127 Å². The quantitative estimate of drug-likeness (QED) is 0.787. The van der Waals surface area contributed by atoms with E-state index in [-0.39, 0.29) is 5.60 Å². The van der Waals surface area contributed by atoms with E-state index >= 15 is 0 Å². The van der Waals surface area contributed by atoms with Crippen molar-refractivity contribution in [1.29, 1.82) is 0 Å². The third kappa shape index (κ3) is 4.08. The Morgan fingerprint density at radius 2 is 2.00 bits per heavy atom. The van der Waals surface area contributed by atoms with E-state index < -0.39 is 0 Å². The third-order valence-corrected chi connectivity index (χ3v) is 3.94. The van der Waals surface area contributed by atoms with E-state index in [0.717, 1.165) is 37.3 Å². The minimum Gasteiger partial charge on any atom is -0.461 e. The predicted molar refractivity (Wildman–Crippen MR) is 87.6 cm³/mol. The molecule has 1 heterocycles. The summed E-state index contributed by atoms with van der Waals surface area (Å²) in [5, 5.41) is 4.73. The topological polar surface area (TPSA) is 34.4 Å². The zero-order chi connectivity index (χ0) is 15.3. The Balaban J connectivity index is 2.15. The van der Waals surface area contributed by atoms with Crippen LogP contribution in [0.3, 0.4) is 0 Å².